The Bertz CT molecular complexity index is 830. The second-order valence-corrected chi connectivity index (χ2v) is 7.03. The van der Waals surface area contributed by atoms with Gasteiger partial charge in [-0.3, -0.25) is 0 Å². The first kappa shape index (κ1) is 15.5. The molecule has 0 aliphatic carbocycles. The first-order chi connectivity index (χ1) is 10.9. The quantitative estimate of drug-likeness (QED) is 0.637. The van der Waals surface area contributed by atoms with Gasteiger partial charge in [0.2, 0.25) is 0 Å². The van der Waals surface area contributed by atoms with Crippen LogP contribution in [-0.4, -0.2) is 9.55 Å². The highest BCUT2D eigenvalue weighted by Gasteiger charge is 2.12. The summed E-state index contributed by atoms with van der Waals surface area (Å²) in [6.07, 6.45) is 4.38. The average Bonchev–Trinajstić information content (AvgIpc) is 2.83. The standard InChI is InChI=1S/C21H24N2/c1-16-22-19-9-5-6-10-20(19)23(16)15-7-8-17-11-13-18(14-12-17)21(2,3)4/h5-14H,15H2,1-4H3/b8-7+. The molecule has 0 saturated carbocycles. The van der Waals surface area contributed by atoms with Gasteiger partial charge in [0.1, 0.15) is 5.82 Å². The monoisotopic (exact) mass is 304 g/mol. The first-order valence-corrected chi connectivity index (χ1v) is 8.14. The molecule has 2 nitrogen and oxygen atoms in total. The summed E-state index contributed by atoms with van der Waals surface area (Å²) < 4.78 is 2.25. The van der Waals surface area contributed by atoms with Crippen molar-refractivity contribution in [2.24, 2.45) is 0 Å². The molecule has 0 radical (unpaired) electrons. The Labute approximate surface area is 138 Å². The molecule has 2 aromatic carbocycles. The maximum absolute atomic E-state index is 4.61. The number of aryl methyl sites for hydroxylation is 1. The molecule has 0 aliphatic rings. The number of aromatic nitrogens is 2. The van der Waals surface area contributed by atoms with Crippen LogP contribution in [0.2, 0.25) is 0 Å². The van der Waals surface area contributed by atoms with Crippen LogP contribution < -0.4 is 0 Å². The SMILES string of the molecule is Cc1nc2ccccc2n1C/C=C/c1ccc(C(C)(C)C)cc1. The van der Waals surface area contributed by atoms with Crippen LogP contribution in [0.25, 0.3) is 17.1 Å². The summed E-state index contributed by atoms with van der Waals surface area (Å²) in [7, 11) is 0. The molecular formula is C21H24N2. The van der Waals surface area contributed by atoms with Gasteiger partial charge in [-0.15, -0.1) is 0 Å². The third-order valence-electron chi connectivity index (χ3n) is 4.22. The number of imidazole rings is 1. The zero-order valence-electron chi connectivity index (χ0n) is 14.4. The lowest BCUT2D eigenvalue weighted by atomic mass is 9.87. The predicted octanol–water partition coefficient (Wildman–Crippen LogP) is 5.36. The van der Waals surface area contributed by atoms with Gasteiger partial charge >= 0.3 is 0 Å². The molecule has 0 unspecified atom stereocenters. The third kappa shape index (κ3) is 3.37. The molecule has 3 rings (SSSR count). The zero-order valence-corrected chi connectivity index (χ0v) is 14.4. The van der Waals surface area contributed by atoms with E-state index in [-0.39, 0.29) is 5.41 Å². The molecule has 118 valence electrons. The van der Waals surface area contributed by atoms with Crippen molar-refractivity contribution in [3.05, 3.63) is 71.6 Å². The van der Waals surface area contributed by atoms with Gasteiger partial charge in [-0.1, -0.05) is 69.3 Å². The molecule has 0 saturated heterocycles. The number of nitrogens with zero attached hydrogens (tertiary/aromatic N) is 2. The number of hydrogen-bond donors (Lipinski definition) is 0. The number of benzene rings is 2. The second kappa shape index (κ2) is 6.04. The van der Waals surface area contributed by atoms with E-state index in [1.807, 2.05) is 6.07 Å². The van der Waals surface area contributed by atoms with Crippen LogP contribution in [0.1, 0.15) is 37.7 Å². The van der Waals surface area contributed by atoms with Crippen LogP contribution in [-0.2, 0) is 12.0 Å². The average molecular weight is 304 g/mol. The summed E-state index contributed by atoms with van der Waals surface area (Å²) in [4.78, 5) is 4.61. The summed E-state index contributed by atoms with van der Waals surface area (Å²) in [6.45, 7) is 9.62. The van der Waals surface area contributed by atoms with Crippen molar-refractivity contribution in [2.75, 3.05) is 0 Å². The number of fused-ring (bicyclic) bond motifs is 1. The fourth-order valence-corrected chi connectivity index (χ4v) is 2.81. The van der Waals surface area contributed by atoms with Gasteiger partial charge < -0.3 is 4.57 Å². The lowest BCUT2D eigenvalue weighted by molar-refractivity contribution is 0.590. The Kier molecular flexibility index (Phi) is 4.08. The topological polar surface area (TPSA) is 17.8 Å². The lowest BCUT2D eigenvalue weighted by Crippen LogP contribution is -2.10. The van der Waals surface area contributed by atoms with Crippen molar-refractivity contribution in [2.45, 2.75) is 39.7 Å². The van der Waals surface area contributed by atoms with Gasteiger partial charge in [0.15, 0.2) is 0 Å². The molecule has 0 fully saturated rings. The molecule has 0 atom stereocenters. The Morgan fingerprint density at radius 1 is 1.00 bits per heavy atom. The lowest BCUT2D eigenvalue weighted by Gasteiger charge is -2.18. The maximum atomic E-state index is 4.61. The van der Waals surface area contributed by atoms with Crippen LogP contribution in [0.5, 0.6) is 0 Å². The molecule has 3 aromatic rings. The van der Waals surface area contributed by atoms with Crippen molar-refractivity contribution < 1.29 is 0 Å². The molecule has 23 heavy (non-hydrogen) atoms. The van der Waals surface area contributed by atoms with Crippen molar-refractivity contribution >= 4 is 17.1 Å². The number of rotatable bonds is 3. The molecular weight excluding hydrogens is 280 g/mol. The summed E-state index contributed by atoms with van der Waals surface area (Å²) >= 11 is 0. The number of allylic oxidation sites excluding steroid dienone is 1. The van der Waals surface area contributed by atoms with E-state index in [0.29, 0.717) is 0 Å². The second-order valence-electron chi connectivity index (χ2n) is 7.03. The summed E-state index contributed by atoms with van der Waals surface area (Å²) in [6, 6.07) is 17.1. The Morgan fingerprint density at radius 3 is 2.39 bits per heavy atom. The minimum absolute atomic E-state index is 0.203. The van der Waals surface area contributed by atoms with E-state index in [0.717, 1.165) is 17.9 Å². The van der Waals surface area contributed by atoms with E-state index in [2.05, 4.69) is 91.9 Å². The highest BCUT2D eigenvalue weighted by Crippen LogP contribution is 2.22. The maximum Gasteiger partial charge on any atom is 0.107 e. The van der Waals surface area contributed by atoms with Crippen LogP contribution in [0.15, 0.2) is 54.6 Å². The van der Waals surface area contributed by atoms with Gasteiger partial charge in [0.05, 0.1) is 11.0 Å². The fourth-order valence-electron chi connectivity index (χ4n) is 2.81. The summed E-state index contributed by atoms with van der Waals surface area (Å²) in [5.74, 6) is 1.05. The Morgan fingerprint density at radius 2 is 1.70 bits per heavy atom. The fraction of sp³-hybridized carbons (Fsp3) is 0.286. The highest BCUT2D eigenvalue weighted by atomic mass is 15.1. The normalized spacial score (nSPS) is 12.3. The van der Waals surface area contributed by atoms with E-state index in [1.54, 1.807) is 0 Å². The van der Waals surface area contributed by atoms with Crippen LogP contribution in [0, 0.1) is 6.92 Å². The molecule has 1 heterocycles. The van der Waals surface area contributed by atoms with Crippen LogP contribution in [0.4, 0.5) is 0 Å². The smallest absolute Gasteiger partial charge is 0.107 e. The van der Waals surface area contributed by atoms with Crippen molar-refractivity contribution in [3.8, 4) is 0 Å². The van der Waals surface area contributed by atoms with Crippen LogP contribution in [0.3, 0.4) is 0 Å². The minimum Gasteiger partial charge on any atom is -0.324 e. The van der Waals surface area contributed by atoms with Crippen molar-refractivity contribution in [1.82, 2.24) is 9.55 Å². The van der Waals surface area contributed by atoms with E-state index in [4.69, 9.17) is 0 Å². The third-order valence-corrected chi connectivity index (χ3v) is 4.22. The van der Waals surface area contributed by atoms with Gasteiger partial charge in [-0.2, -0.15) is 0 Å². The molecule has 0 bridgehead atoms. The van der Waals surface area contributed by atoms with Gasteiger partial charge in [0, 0.05) is 6.54 Å². The summed E-state index contributed by atoms with van der Waals surface area (Å²) in [5, 5.41) is 0. The van der Waals surface area contributed by atoms with E-state index >= 15 is 0 Å². The highest BCUT2D eigenvalue weighted by molar-refractivity contribution is 5.75. The molecule has 1 aromatic heterocycles. The van der Waals surface area contributed by atoms with Gasteiger partial charge in [-0.05, 0) is 35.6 Å². The molecule has 0 spiro atoms. The first-order valence-electron chi connectivity index (χ1n) is 8.14. The number of hydrogen-bond acceptors (Lipinski definition) is 1. The largest absolute Gasteiger partial charge is 0.324 e. The molecule has 2 heteroatoms. The molecule has 0 amide bonds. The van der Waals surface area contributed by atoms with Gasteiger partial charge in [0.25, 0.3) is 0 Å². The minimum atomic E-state index is 0.203. The zero-order chi connectivity index (χ0) is 16.4. The Balaban J connectivity index is 1.77. The summed E-state index contributed by atoms with van der Waals surface area (Å²) in [5.41, 5.74) is 5.06. The van der Waals surface area contributed by atoms with E-state index in [1.165, 1.54) is 16.6 Å². The predicted molar refractivity (Wildman–Crippen MR) is 98.6 cm³/mol. The molecule has 0 N–H and O–H groups in total. The molecule has 0 aliphatic heterocycles. The number of para-hydroxylation sites is 2. The Hall–Kier alpha value is -2.35. The van der Waals surface area contributed by atoms with Crippen LogP contribution >= 0.6 is 0 Å². The van der Waals surface area contributed by atoms with E-state index in [9.17, 15) is 0 Å². The van der Waals surface area contributed by atoms with E-state index < -0.39 is 0 Å². The van der Waals surface area contributed by atoms with Crippen molar-refractivity contribution in [1.29, 1.82) is 0 Å². The van der Waals surface area contributed by atoms with Gasteiger partial charge in [-0.25, -0.2) is 4.98 Å². The van der Waals surface area contributed by atoms with Crippen molar-refractivity contribution in [3.63, 3.8) is 0 Å².